The minimum Gasteiger partial charge on any atom is -0.481 e. The molecule has 210 valence electrons. The Labute approximate surface area is 225 Å². The van der Waals surface area contributed by atoms with Gasteiger partial charge in [-0.25, -0.2) is 4.79 Å². The predicted molar refractivity (Wildman–Crippen MR) is 143 cm³/mol. The van der Waals surface area contributed by atoms with Crippen molar-refractivity contribution in [3.63, 3.8) is 0 Å². The van der Waals surface area contributed by atoms with Gasteiger partial charge in [0.25, 0.3) is 0 Å². The number of benzene rings is 1. The summed E-state index contributed by atoms with van der Waals surface area (Å²) in [6.07, 6.45) is 4.00. The predicted octanol–water partition coefficient (Wildman–Crippen LogP) is 3.81. The van der Waals surface area contributed by atoms with Gasteiger partial charge in [0.05, 0.1) is 24.7 Å². The van der Waals surface area contributed by atoms with E-state index in [-0.39, 0.29) is 30.6 Å². The highest BCUT2D eigenvalue weighted by Crippen LogP contribution is 2.44. The lowest BCUT2D eigenvalue weighted by atomic mass is 9.66. The number of carboxylic acids is 1. The average molecular weight is 531 g/mol. The molecular formula is C30H42O8. The fourth-order valence-electron chi connectivity index (χ4n) is 5.58. The Balaban J connectivity index is 1.69. The Morgan fingerprint density at radius 3 is 2.45 bits per heavy atom. The molecule has 2 aliphatic carbocycles. The maximum atomic E-state index is 13.2. The summed E-state index contributed by atoms with van der Waals surface area (Å²) < 4.78 is 12.0. The number of aliphatic hydroxyl groups is 3. The molecule has 0 fully saturated rings. The molecule has 0 saturated heterocycles. The first-order chi connectivity index (χ1) is 18.1. The molecule has 8 nitrogen and oxygen atoms in total. The fourth-order valence-corrected chi connectivity index (χ4v) is 5.58. The fraction of sp³-hybridized carbons (Fsp3) is 0.600. The SMILES string of the molecule is CCc1ccc(O[C@@H](CC)C(=O)O[C@H]2C[C@H](O)C=C3C=C[C@@H](C)[C@H](CC[C@@H](O)C[C@@H](O)CC(=O)O)[C@H]32)cc1. The van der Waals surface area contributed by atoms with E-state index >= 15 is 0 Å². The van der Waals surface area contributed by atoms with Gasteiger partial charge in [-0.15, -0.1) is 0 Å². The third-order valence-corrected chi connectivity index (χ3v) is 7.67. The lowest BCUT2D eigenvalue weighted by molar-refractivity contribution is -0.163. The van der Waals surface area contributed by atoms with E-state index in [4.69, 9.17) is 14.6 Å². The highest BCUT2D eigenvalue weighted by molar-refractivity contribution is 5.75. The molecule has 38 heavy (non-hydrogen) atoms. The van der Waals surface area contributed by atoms with Crippen LogP contribution in [0.2, 0.25) is 0 Å². The molecule has 0 spiro atoms. The zero-order valence-corrected chi connectivity index (χ0v) is 22.5. The summed E-state index contributed by atoms with van der Waals surface area (Å²) in [6.45, 7) is 6.01. The van der Waals surface area contributed by atoms with Crippen LogP contribution in [0.3, 0.4) is 0 Å². The van der Waals surface area contributed by atoms with E-state index in [9.17, 15) is 24.9 Å². The topological polar surface area (TPSA) is 134 Å². The first-order valence-corrected chi connectivity index (χ1v) is 13.7. The van der Waals surface area contributed by atoms with Crippen LogP contribution < -0.4 is 4.74 Å². The van der Waals surface area contributed by atoms with Crippen LogP contribution in [-0.2, 0) is 20.7 Å². The van der Waals surface area contributed by atoms with Crippen LogP contribution in [0.15, 0.2) is 48.1 Å². The monoisotopic (exact) mass is 530 g/mol. The van der Waals surface area contributed by atoms with Gasteiger partial charge >= 0.3 is 11.9 Å². The van der Waals surface area contributed by atoms with Gasteiger partial charge in [-0.3, -0.25) is 4.79 Å². The van der Waals surface area contributed by atoms with Gasteiger partial charge in [0.2, 0.25) is 0 Å². The molecule has 0 bridgehead atoms. The molecule has 0 unspecified atom stereocenters. The van der Waals surface area contributed by atoms with Gasteiger partial charge in [-0.2, -0.15) is 0 Å². The molecule has 0 aliphatic heterocycles. The van der Waals surface area contributed by atoms with Crippen molar-refractivity contribution >= 4 is 11.9 Å². The van der Waals surface area contributed by atoms with Crippen molar-refractivity contribution in [2.75, 3.05) is 0 Å². The number of aryl methyl sites for hydroxylation is 1. The standard InChI is InChI=1S/C30H42O8/c1-4-19-7-11-24(12-8-19)37-26(5-2)30(36)38-27-16-22(32)14-20-9-6-18(3)25(29(20)27)13-10-21(31)15-23(33)17-28(34)35/h6-9,11-12,14,18,21-23,25-27,29,31-33H,4-5,10,13,15-17H2,1-3H3,(H,34,35)/t18-,21-,22-,23-,25+,26+,27+,29+/m1/s1. The van der Waals surface area contributed by atoms with Crippen molar-refractivity contribution in [3.05, 3.63) is 53.6 Å². The van der Waals surface area contributed by atoms with E-state index in [0.717, 1.165) is 12.0 Å². The number of aliphatic carboxylic acids is 1. The minimum absolute atomic E-state index is 0.0114. The number of carboxylic acid groups (broad SMARTS) is 1. The first kappa shape index (κ1) is 29.9. The maximum absolute atomic E-state index is 13.2. The molecule has 0 aromatic heterocycles. The number of hydrogen-bond donors (Lipinski definition) is 4. The van der Waals surface area contributed by atoms with Crippen LogP contribution in [-0.4, -0.2) is 62.9 Å². The molecule has 3 rings (SSSR count). The maximum Gasteiger partial charge on any atom is 0.347 e. The summed E-state index contributed by atoms with van der Waals surface area (Å²) in [6, 6.07) is 7.64. The second kappa shape index (κ2) is 13.9. The number of esters is 1. The van der Waals surface area contributed by atoms with Gasteiger partial charge in [0.15, 0.2) is 6.10 Å². The zero-order valence-electron chi connectivity index (χ0n) is 22.5. The normalized spacial score (nSPS) is 27.0. The number of carbonyl (C=O) groups excluding carboxylic acids is 1. The van der Waals surface area contributed by atoms with Gasteiger partial charge in [0, 0.05) is 12.3 Å². The second-order valence-corrected chi connectivity index (χ2v) is 10.6. The van der Waals surface area contributed by atoms with Crippen LogP contribution in [0.25, 0.3) is 0 Å². The lowest BCUT2D eigenvalue weighted by Gasteiger charge is -2.43. The highest BCUT2D eigenvalue weighted by Gasteiger charge is 2.42. The van der Waals surface area contributed by atoms with Crippen molar-refractivity contribution < 1.29 is 39.5 Å². The van der Waals surface area contributed by atoms with E-state index < -0.39 is 48.9 Å². The Morgan fingerprint density at radius 1 is 1.11 bits per heavy atom. The first-order valence-electron chi connectivity index (χ1n) is 13.7. The number of ether oxygens (including phenoxy) is 2. The number of fused-ring (bicyclic) bond motifs is 1. The zero-order chi connectivity index (χ0) is 27.8. The summed E-state index contributed by atoms with van der Waals surface area (Å²) in [5.41, 5.74) is 2.09. The number of carbonyl (C=O) groups is 2. The molecule has 1 aromatic rings. The summed E-state index contributed by atoms with van der Waals surface area (Å²) in [5, 5.41) is 39.7. The molecule has 0 saturated carbocycles. The Kier molecular flexibility index (Phi) is 10.9. The summed E-state index contributed by atoms with van der Waals surface area (Å²) in [4.78, 5) is 24.1. The number of aliphatic hydroxyl groups excluding tert-OH is 3. The molecule has 0 heterocycles. The van der Waals surface area contributed by atoms with Crippen LogP contribution in [0, 0.1) is 17.8 Å². The molecule has 4 N–H and O–H groups in total. The average Bonchev–Trinajstić information content (AvgIpc) is 2.86. The molecule has 0 radical (unpaired) electrons. The largest absolute Gasteiger partial charge is 0.481 e. The van der Waals surface area contributed by atoms with E-state index in [2.05, 4.69) is 19.9 Å². The Hall–Kier alpha value is -2.68. The second-order valence-electron chi connectivity index (χ2n) is 10.6. The lowest BCUT2D eigenvalue weighted by Crippen LogP contribution is -2.44. The quantitative estimate of drug-likeness (QED) is 0.283. The molecule has 0 amide bonds. The highest BCUT2D eigenvalue weighted by atomic mass is 16.6. The van der Waals surface area contributed by atoms with E-state index in [0.29, 0.717) is 25.0 Å². The van der Waals surface area contributed by atoms with Crippen LogP contribution in [0.4, 0.5) is 0 Å². The smallest absolute Gasteiger partial charge is 0.347 e. The van der Waals surface area contributed by atoms with Gasteiger partial charge < -0.3 is 29.9 Å². The van der Waals surface area contributed by atoms with Crippen LogP contribution >= 0.6 is 0 Å². The Bertz CT molecular complexity index is 984. The van der Waals surface area contributed by atoms with Crippen LogP contribution in [0.1, 0.15) is 64.9 Å². The van der Waals surface area contributed by atoms with Crippen molar-refractivity contribution in [3.8, 4) is 5.75 Å². The number of hydrogen-bond acceptors (Lipinski definition) is 7. The summed E-state index contributed by atoms with van der Waals surface area (Å²) in [5.74, 6) is -0.960. The van der Waals surface area contributed by atoms with Crippen LogP contribution in [0.5, 0.6) is 5.75 Å². The number of rotatable bonds is 13. The Morgan fingerprint density at radius 2 is 1.82 bits per heavy atom. The van der Waals surface area contributed by atoms with Crippen molar-refractivity contribution in [2.24, 2.45) is 17.8 Å². The van der Waals surface area contributed by atoms with Gasteiger partial charge in [-0.1, -0.05) is 51.1 Å². The molecule has 1 aromatic carbocycles. The molecular weight excluding hydrogens is 488 g/mol. The van der Waals surface area contributed by atoms with E-state index in [1.165, 1.54) is 5.56 Å². The van der Waals surface area contributed by atoms with Crippen molar-refractivity contribution in [1.29, 1.82) is 0 Å². The van der Waals surface area contributed by atoms with Crippen molar-refractivity contribution in [2.45, 2.75) is 96.2 Å². The minimum atomic E-state index is -1.11. The van der Waals surface area contributed by atoms with E-state index in [1.807, 2.05) is 37.3 Å². The number of allylic oxidation sites excluding steroid dienone is 2. The summed E-state index contributed by atoms with van der Waals surface area (Å²) >= 11 is 0. The molecule has 8 heteroatoms. The molecule has 8 atom stereocenters. The summed E-state index contributed by atoms with van der Waals surface area (Å²) in [7, 11) is 0. The third-order valence-electron chi connectivity index (χ3n) is 7.67. The van der Waals surface area contributed by atoms with Gasteiger partial charge in [-0.05, 0) is 67.2 Å². The molecule has 2 aliphatic rings. The third kappa shape index (κ3) is 8.16. The van der Waals surface area contributed by atoms with E-state index in [1.54, 1.807) is 6.08 Å². The van der Waals surface area contributed by atoms with Crippen molar-refractivity contribution in [1.82, 2.24) is 0 Å². The van der Waals surface area contributed by atoms with Gasteiger partial charge in [0.1, 0.15) is 11.9 Å².